The Labute approximate surface area is 218 Å². The van der Waals surface area contributed by atoms with Gasteiger partial charge in [-0.1, -0.05) is 30.0 Å². The number of carbonyl (C=O) groups excluding carboxylic acids is 1. The van der Waals surface area contributed by atoms with Crippen molar-refractivity contribution < 1.29 is 9.18 Å². The van der Waals surface area contributed by atoms with E-state index in [-0.39, 0.29) is 30.0 Å². The molecule has 1 N–H and O–H groups in total. The SMILES string of the molecule is Cc1cc(C#CC2(CC#N)CC2)cc(C(=O)NC(c2cc3ccccc3s2)c2ncn3c2C[C@@H](F)C3)n1. The maximum absolute atomic E-state index is 14.2. The van der Waals surface area contributed by atoms with Crippen molar-refractivity contribution in [1.29, 1.82) is 5.26 Å². The van der Waals surface area contributed by atoms with Gasteiger partial charge in [-0.15, -0.1) is 11.3 Å². The number of aromatic nitrogens is 3. The molecule has 37 heavy (non-hydrogen) atoms. The molecule has 0 spiro atoms. The number of nitrogens with one attached hydrogen (secondary N) is 1. The summed E-state index contributed by atoms with van der Waals surface area (Å²) in [5.74, 6) is 6.06. The molecule has 1 fully saturated rings. The molecule has 1 unspecified atom stereocenters. The Morgan fingerprint density at radius 2 is 2.16 bits per heavy atom. The minimum atomic E-state index is -0.953. The van der Waals surface area contributed by atoms with E-state index in [0.717, 1.165) is 33.5 Å². The van der Waals surface area contributed by atoms with Gasteiger partial charge in [-0.2, -0.15) is 5.26 Å². The van der Waals surface area contributed by atoms with Crippen LogP contribution in [0.3, 0.4) is 0 Å². The van der Waals surface area contributed by atoms with Crippen LogP contribution in [0.4, 0.5) is 4.39 Å². The molecule has 0 radical (unpaired) electrons. The largest absolute Gasteiger partial charge is 0.337 e. The quantitative estimate of drug-likeness (QED) is 0.372. The van der Waals surface area contributed by atoms with Crippen LogP contribution >= 0.6 is 11.3 Å². The number of amides is 1. The Kier molecular flexibility index (Phi) is 5.78. The Morgan fingerprint density at radius 3 is 2.95 bits per heavy atom. The number of rotatable bonds is 5. The monoisotopic (exact) mass is 509 g/mol. The number of carbonyl (C=O) groups is 1. The van der Waals surface area contributed by atoms with Gasteiger partial charge in [-0.05, 0) is 49.4 Å². The van der Waals surface area contributed by atoms with Gasteiger partial charge in [0.25, 0.3) is 5.91 Å². The van der Waals surface area contributed by atoms with E-state index in [2.05, 4.69) is 39.3 Å². The number of aryl methyl sites for hydroxylation is 1. The van der Waals surface area contributed by atoms with Gasteiger partial charge in [0.2, 0.25) is 0 Å². The van der Waals surface area contributed by atoms with Crippen LogP contribution in [-0.4, -0.2) is 26.6 Å². The third-order valence-corrected chi connectivity index (χ3v) is 8.18. The first-order chi connectivity index (χ1) is 17.9. The highest BCUT2D eigenvalue weighted by Crippen LogP contribution is 2.48. The third kappa shape index (κ3) is 4.61. The molecule has 0 bridgehead atoms. The average molecular weight is 510 g/mol. The number of fused-ring (bicyclic) bond motifs is 2. The fourth-order valence-electron chi connectivity index (χ4n) is 4.87. The van der Waals surface area contributed by atoms with Crippen molar-refractivity contribution in [1.82, 2.24) is 19.9 Å². The van der Waals surface area contributed by atoms with Crippen molar-refractivity contribution in [2.45, 2.75) is 51.4 Å². The van der Waals surface area contributed by atoms with E-state index in [1.54, 1.807) is 23.7 Å². The van der Waals surface area contributed by atoms with E-state index in [1.165, 1.54) is 0 Å². The van der Waals surface area contributed by atoms with Gasteiger partial charge in [-0.3, -0.25) is 4.79 Å². The summed E-state index contributed by atoms with van der Waals surface area (Å²) in [5, 5.41) is 13.3. The standard InChI is InChI=1S/C29H24FN5OS/c1-18-12-19(6-7-29(8-9-29)10-11-31)13-22(33-18)28(36)34-27(25-14-20-4-2-3-5-24(20)37-25)26-23-15-21(30)16-35(23)17-32-26/h2-5,12-14,17,21,27H,8-10,15-16H2,1H3,(H,34,36)/t21-,27?/m1/s1. The van der Waals surface area contributed by atoms with Gasteiger partial charge >= 0.3 is 0 Å². The van der Waals surface area contributed by atoms with Gasteiger partial charge in [0, 0.05) is 38.4 Å². The summed E-state index contributed by atoms with van der Waals surface area (Å²) in [5.41, 5.74) is 2.91. The number of hydrogen-bond acceptors (Lipinski definition) is 5. The van der Waals surface area contributed by atoms with E-state index in [9.17, 15) is 9.18 Å². The molecule has 1 saturated carbocycles. The van der Waals surface area contributed by atoms with Crippen LogP contribution in [0.2, 0.25) is 0 Å². The Bertz CT molecular complexity index is 1600. The third-order valence-electron chi connectivity index (χ3n) is 7.00. The van der Waals surface area contributed by atoms with Crippen molar-refractivity contribution in [3.8, 4) is 17.9 Å². The molecule has 1 amide bonds. The lowest BCUT2D eigenvalue weighted by molar-refractivity contribution is 0.0937. The summed E-state index contributed by atoms with van der Waals surface area (Å²) in [6.07, 6.45) is 3.26. The molecule has 6 rings (SSSR count). The lowest BCUT2D eigenvalue weighted by Crippen LogP contribution is -2.30. The number of pyridine rings is 1. The number of nitriles is 1. The molecular weight excluding hydrogens is 485 g/mol. The topological polar surface area (TPSA) is 83.6 Å². The minimum Gasteiger partial charge on any atom is -0.337 e. The summed E-state index contributed by atoms with van der Waals surface area (Å²) >= 11 is 1.59. The van der Waals surface area contributed by atoms with E-state index in [1.807, 2.05) is 41.8 Å². The molecular formula is C29H24FN5OS. The second-order valence-corrected chi connectivity index (χ2v) is 11.0. The molecule has 8 heteroatoms. The highest BCUT2D eigenvalue weighted by atomic mass is 32.1. The second kappa shape index (κ2) is 9.14. The normalized spacial score (nSPS) is 17.9. The van der Waals surface area contributed by atoms with E-state index in [4.69, 9.17) is 5.26 Å². The number of nitrogens with zero attached hydrogens (tertiary/aromatic N) is 4. The molecule has 1 aliphatic carbocycles. The van der Waals surface area contributed by atoms with Crippen molar-refractivity contribution in [3.05, 3.63) is 82.0 Å². The van der Waals surface area contributed by atoms with E-state index >= 15 is 0 Å². The molecule has 1 aliphatic heterocycles. The summed E-state index contributed by atoms with van der Waals surface area (Å²) in [6.45, 7) is 2.11. The van der Waals surface area contributed by atoms with Crippen LogP contribution in [0.1, 0.15) is 63.3 Å². The van der Waals surface area contributed by atoms with Gasteiger partial charge in [0.15, 0.2) is 0 Å². The fourth-order valence-corrected chi connectivity index (χ4v) is 5.98. The van der Waals surface area contributed by atoms with Crippen LogP contribution in [0.25, 0.3) is 10.1 Å². The van der Waals surface area contributed by atoms with Gasteiger partial charge in [0.05, 0.1) is 31.1 Å². The van der Waals surface area contributed by atoms with Crippen molar-refractivity contribution >= 4 is 27.3 Å². The highest BCUT2D eigenvalue weighted by molar-refractivity contribution is 7.19. The number of imidazole rings is 1. The van der Waals surface area contributed by atoms with Crippen LogP contribution in [0, 0.1) is 35.5 Å². The fraction of sp³-hybridized carbons (Fsp3) is 0.310. The lowest BCUT2D eigenvalue weighted by atomic mass is 10.0. The maximum atomic E-state index is 14.2. The van der Waals surface area contributed by atoms with E-state index in [0.29, 0.717) is 23.4 Å². The highest BCUT2D eigenvalue weighted by Gasteiger charge is 2.40. The molecule has 3 aromatic heterocycles. The predicted molar refractivity (Wildman–Crippen MR) is 140 cm³/mol. The van der Waals surface area contributed by atoms with Crippen LogP contribution < -0.4 is 5.32 Å². The molecule has 0 saturated heterocycles. The van der Waals surface area contributed by atoms with E-state index < -0.39 is 12.2 Å². The summed E-state index contributed by atoms with van der Waals surface area (Å²) in [7, 11) is 0. The lowest BCUT2D eigenvalue weighted by Gasteiger charge is -2.17. The summed E-state index contributed by atoms with van der Waals surface area (Å²) < 4.78 is 17.2. The van der Waals surface area contributed by atoms with Gasteiger partial charge in [0.1, 0.15) is 17.9 Å². The number of hydrogen-bond donors (Lipinski definition) is 1. The number of benzene rings is 1. The zero-order valence-electron chi connectivity index (χ0n) is 20.3. The van der Waals surface area contributed by atoms with Crippen LogP contribution in [-0.2, 0) is 13.0 Å². The first-order valence-corrected chi connectivity index (χ1v) is 13.1. The number of alkyl halides is 1. The van der Waals surface area contributed by atoms with Gasteiger partial charge in [-0.25, -0.2) is 14.4 Å². The minimum absolute atomic E-state index is 0.212. The Morgan fingerprint density at radius 1 is 1.32 bits per heavy atom. The van der Waals surface area contributed by atoms with Crippen LogP contribution in [0.5, 0.6) is 0 Å². The zero-order chi connectivity index (χ0) is 25.6. The number of halogens is 1. The van der Waals surface area contributed by atoms with Gasteiger partial charge < -0.3 is 9.88 Å². The molecule has 184 valence electrons. The van der Waals surface area contributed by atoms with Crippen molar-refractivity contribution in [2.75, 3.05) is 0 Å². The molecule has 6 nitrogen and oxygen atoms in total. The first kappa shape index (κ1) is 23.4. The number of thiophene rings is 1. The summed E-state index contributed by atoms with van der Waals surface area (Å²) in [6, 6.07) is 15.3. The molecule has 2 atom stereocenters. The predicted octanol–water partition coefficient (Wildman–Crippen LogP) is 5.26. The first-order valence-electron chi connectivity index (χ1n) is 12.3. The van der Waals surface area contributed by atoms with Crippen molar-refractivity contribution in [2.24, 2.45) is 5.41 Å². The smallest absolute Gasteiger partial charge is 0.270 e. The molecule has 1 aromatic carbocycles. The maximum Gasteiger partial charge on any atom is 0.270 e. The zero-order valence-corrected chi connectivity index (χ0v) is 21.1. The molecule has 4 aromatic rings. The second-order valence-electron chi connectivity index (χ2n) is 9.87. The Balaban J connectivity index is 1.34. The molecule has 2 aliphatic rings. The molecule has 4 heterocycles. The Hall–Kier alpha value is -4.01. The average Bonchev–Trinajstić information content (AvgIpc) is 3.17. The summed E-state index contributed by atoms with van der Waals surface area (Å²) in [4.78, 5) is 23.6. The van der Waals surface area contributed by atoms with Crippen molar-refractivity contribution in [3.63, 3.8) is 0 Å². The van der Waals surface area contributed by atoms with Crippen LogP contribution in [0.15, 0.2) is 48.8 Å².